The average molecular weight is 408 g/mol. The van der Waals surface area contributed by atoms with Gasteiger partial charge in [-0.1, -0.05) is 44.4 Å². The first-order valence-corrected chi connectivity index (χ1v) is 13.6. The predicted octanol–water partition coefficient (Wildman–Crippen LogP) is 5.10. The zero-order chi connectivity index (χ0) is 21.0. The molecule has 5 nitrogen and oxygen atoms in total. The van der Waals surface area contributed by atoms with Gasteiger partial charge in [-0.25, -0.2) is 9.97 Å². The molecule has 152 valence electrons. The van der Waals surface area contributed by atoms with E-state index in [9.17, 15) is 4.79 Å². The van der Waals surface area contributed by atoms with Crippen molar-refractivity contribution in [2.45, 2.75) is 45.8 Å². The van der Waals surface area contributed by atoms with Crippen LogP contribution in [0.5, 0.6) is 0 Å². The molecule has 0 N–H and O–H groups in total. The van der Waals surface area contributed by atoms with Gasteiger partial charge in [0, 0.05) is 38.2 Å². The molecule has 0 bridgehead atoms. The largest absolute Gasteiger partial charge is 0.361 e. The molecule has 2 heterocycles. The highest BCUT2D eigenvalue weighted by Crippen LogP contribution is 2.27. The summed E-state index contributed by atoms with van der Waals surface area (Å²) in [5.74, 6) is 0.0524. The van der Waals surface area contributed by atoms with Crippen molar-refractivity contribution in [2.75, 3.05) is 6.61 Å². The van der Waals surface area contributed by atoms with E-state index in [2.05, 4.69) is 36.2 Å². The van der Waals surface area contributed by atoms with Crippen LogP contribution in [0.15, 0.2) is 55.0 Å². The Morgan fingerprint density at radius 3 is 2.72 bits per heavy atom. The monoisotopic (exact) mass is 407 g/mol. The lowest BCUT2D eigenvalue weighted by Gasteiger charge is -2.15. The first-order valence-electron chi connectivity index (χ1n) is 9.90. The summed E-state index contributed by atoms with van der Waals surface area (Å²) in [6.45, 7) is 13.8. The summed E-state index contributed by atoms with van der Waals surface area (Å²) in [6, 6.07) is 11.1. The molecule has 1 aromatic carbocycles. The normalized spacial score (nSPS) is 11.7. The number of hydrogen-bond acceptors (Lipinski definition) is 4. The molecule has 0 saturated carbocycles. The minimum atomic E-state index is -1.10. The van der Waals surface area contributed by atoms with Crippen molar-refractivity contribution >= 4 is 24.9 Å². The molecule has 0 amide bonds. The topological polar surface area (TPSA) is 57.0 Å². The van der Waals surface area contributed by atoms with Gasteiger partial charge in [-0.2, -0.15) is 0 Å². The molecule has 0 unspecified atom stereocenters. The van der Waals surface area contributed by atoms with E-state index in [4.69, 9.17) is 4.74 Å². The number of carbonyl (C=O) groups excluding carboxylic acids is 1. The van der Waals surface area contributed by atoms with Crippen molar-refractivity contribution in [3.63, 3.8) is 0 Å². The van der Waals surface area contributed by atoms with Gasteiger partial charge in [-0.3, -0.25) is 4.79 Å². The Labute approximate surface area is 173 Å². The van der Waals surface area contributed by atoms with Crippen LogP contribution in [0, 0.1) is 0 Å². The van der Waals surface area contributed by atoms with E-state index in [0.717, 1.165) is 40.5 Å². The van der Waals surface area contributed by atoms with E-state index < -0.39 is 8.07 Å². The Balaban J connectivity index is 1.82. The zero-order valence-electron chi connectivity index (χ0n) is 17.7. The van der Waals surface area contributed by atoms with E-state index in [-0.39, 0.29) is 5.78 Å². The summed E-state index contributed by atoms with van der Waals surface area (Å²) >= 11 is 0. The number of allylic oxidation sites excluding steroid dienone is 1. The molecule has 0 radical (unpaired) electrons. The van der Waals surface area contributed by atoms with Crippen LogP contribution >= 0.6 is 0 Å². The Kier molecular flexibility index (Phi) is 6.45. The van der Waals surface area contributed by atoms with Crippen LogP contribution in [0.4, 0.5) is 0 Å². The van der Waals surface area contributed by atoms with Crippen molar-refractivity contribution in [1.29, 1.82) is 0 Å². The van der Waals surface area contributed by atoms with Crippen LogP contribution in [0.25, 0.3) is 22.3 Å². The molecule has 6 heteroatoms. The summed E-state index contributed by atoms with van der Waals surface area (Å²) in [5.41, 5.74) is 4.22. The van der Waals surface area contributed by atoms with Crippen molar-refractivity contribution in [3.8, 4) is 11.3 Å². The first kappa shape index (κ1) is 21.1. The first-order chi connectivity index (χ1) is 13.7. The van der Waals surface area contributed by atoms with Gasteiger partial charge < -0.3 is 9.30 Å². The van der Waals surface area contributed by atoms with E-state index >= 15 is 0 Å². The number of ether oxygens (including phenoxy) is 1. The number of fused-ring (bicyclic) bond motifs is 1. The van der Waals surface area contributed by atoms with Crippen LogP contribution in [-0.2, 0) is 22.7 Å². The minimum absolute atomic E-state index is 0.0524. The molecule has 3 aromatic rings. The molecule has 0 atom stereocenters. The summed E-state index contributed by atoms with van der Waals surface area (Å²) in [5, 5.41) is 0.977. The Morgan fingerprint density at radius 2 is 2.00 bits per heavy atom. The number of carbonyl (C=O) groups is 1. The van der Waals surface area contributed by atoms with Crippen molar-refractivity contribution < 1.29 is 9.53 Å². The number of benzene rings is 1. The predicted molar refractivity (Wildman–Crippen MR) is 121 cm³/mol. The van der Waals surface area contributed by atoms with Crippen molar-refractivity contribution in [1.82, 2.24) is 14.5 Å². The lowest BCUT2D eigenvalue weighted by Crippen LogP contribution is -2.22. The van der Waals surface area contributed by atoms with Gasteiger partial charge in [-0.05, 0) is 36.2 Å². The van der Waals surface area contributed by atoms with Crippen LogP contribution in [0.2, 0.25) is 25.7 Å². The maximum atomic E-state index is 12.0. The highest BCUT2D eigenvalue weighted by atomic mass is 28.3. The number of Topliss-reactive ketones (excluding diaryl/α,β-unsaturated/α-hetero) is 1. The number of hydrogen-bond donors (Lipinski definition) is 0. The molecule has 3 rings (SSSR count). The molecule has 0 saturated heterocycles. The van der Waals surface area contributed by atoms with Gasteiger partial charge in [0.15, 0.2) is 5.78 Å². The van der Waals surface area contributed by atoms with Crippen molar-refractivity contribution in [3.05, 3.63) is 60.6 Å². The molecule has 0 aliphatic rings. The van der Waals surface area contributed by atoms with Gasteiger partial charge in [-0.15, -0.1) is 0 Å². The van der Waals surface area contributed by atoms with Crippen LogP contribution < -0.4 is 0 Å². The maximum Gasteiger partial charge on any atom is 0.162 e. The van der Waals surface area contributed by atoms with E-state index in [1.165, 1.54) is 0 Å². The van der Waals surface area contributed by atoms with Crippen LogP contribution in [0.3, 0.4) is 0 Å². The molecule has 29 heavy (non-hydrogen) atoms. The summed E-state index contributed by atoms with van der Waals surface area (Å²) in [7, 11) is -1.10. The third kappa shape index (κ3) is 5.49. The average Bonchev–Trinajstić information content (AvgIpc) is 3.08. The maximum absolute atomic E-state index is 12.0. The second-order valence-corrected chi connectivity index (χ2v) is 14.3. The molecule has 0 fully saturated rings. The lowest BCUT2D eigenvalue weighted by molar-refractivity contribution is -0.114. The van der Waals surface area contributed by atoms with E-state index in [1.54, 1.807) is 13.3 Å². The van der Waals surface area contributed by atoms with Crippen LogP contribution in [-0.4, -0.2) is 35.0 Å². The van der Waals surface area contributed by atoms with Gasteiger partial charge in [0.05, 0.1) is 5.69 Å². The third-order valence-electron chi connectivity index (χ3n) is 4.82. The molecule has 0 aliphatic heterocycles. The molecule has 0 aliphatic carbocycles. The number of rotatable bonds is 9. The fourth-order valence-corrected chi connectivity index (χ4v) is 3.80. The lowest BCUT2D eigenvalue weighted by atomic mass is 10.0. The number of aromatic nitrogens is 3. The number of ketones is 1. The summed E-state index contributed by atoms with van der Waals surface area (Å²) in [6.07, 6.45) is 3.93. The Morgan fingerprint density at radius 1 is 1.21 bits per heavy atom. The Bertz CT molecular complexity index is 1030. The highest BCUT2D eigenvalue weighted by molar-refractivity contribution is 6.76. The quantitative estimate of drug-likeness (QED) is 0.281. The van der Waals surface area contributed by atoms with E-state index in [0.29, 0.717) is 18.7 Å². The highest BCUT2D eigenvalue weighted by Gasteiger charge is 2.14. The van der Waals surface area contributed by atoms with Crippen molar-refractivity contribution in [2.24, 2.45) is 0 Å². The van der Waals surface area contributed by atoms with Gasteiger partial charge >= 0.3 is 0 Å². The molecule has 2 aromatic heterocycles. The standard InChI is InChI=1S/C23H29N3O2Si/c1-17(2)21(27)14-18-7-6-8-19(13-18)22-20-9-10-26(23(20)25-15-24-22)16-28-11-12-29(3,4)5/h6-10,13,15H,1,11-12,14,16H2,2-5H3. The second kappa shape index (κ2) is 8.84. The summed E-state index contributed by atoms with van der Waals surface area (Å²) < 4.78 is 7.90. The van der Waals surface area contributed by atoms with Gasteiger partial charge in [0.1, 0.15) is 18.7 Å². The fraction of sp³-hybridized carbons (Fsp3) is 0.348. The molecular formula is C23H29N3O2Si. The smallest absolute Gasteiger partial charge is 0.162 e. The Hall–Kier alpha value is -2.57. The minimum Gasteiger partial charge on any atom is -0.361 e. The van der Waals surface area contributed by atoms with Gasteiger partial charge in [0.2, 0.25) is 0 Å². The second-order valence-electron chi connectivity index (χ2n) is 8.67. The fourth-order valence-electron chi connectivity index (χ4n) is 3.04. The van der Waals surface area contributed by atoms with E-state index in [1.807, 2.05) is 41.1 Å². The molecule has 0 spiro atoms. The third-order valence-corrected chi connectivity index (χ3v) is 6.53. The van der Waals surface area contributed by atoms with Crippen LogP contribution in [0.1, 0.15) is 12.5 Å². The van der Waals surface area contributed by atoms with Gasteiger partial charge in [0.25, 0.3) is 0 Å². The summed E-state index contributed by atoms with van der Waals surface area (Å²) in [4.78, 5) is 21.0. The zero-order valence-corrected chi connectivity index (χ0v) is 18.7. The SMILES string of the molecule is C=C(C)C(=O)Cc1cccc(-c2ncnc3c2ccn3COCC[Si](C)(C)C)c1. The number of nitrogens with zero attached hydrogens (tertiary/aromatic N) is 3. The molecular weight excluding hydrogens is 378 g/mol.